The summed E-state index contributed by atoms with van der Waals surface area (Å²) in [5.41, 5.74) is 7.23. The Bertz CT molecular complexity index is 972. The normalized spacial score (nSPS) is 18.3. The molecule has 1 aliphatic rings. The number of thioether (sulfide) groups is 1. The molecular formula is C21H30N4O3S2. The summed E-state index contributed by atoms with van der Waals surface area (Å²) in [5, 5.41) is 3.62. The number of hydrogen-bond acceptors (Lipinski definition) is 6. The number of rotatable bonds is 7. The van der Waals surface area contributed by atoms with Crippen molar-refractivity contribution in [2.75, 3.05) is 11.5 Å². The van der Waals surface area contributed by atoms with Gasteiger partial charge in [0.25, 0.3) is 0 Å². The Morgan fingerprint density at radius 1 is 1.30 bits per heavy atom. The van der Waals surface area contributed by atoms with E-state index in [1.807, 2.05) is 24.3 Å². The molecule has 0 aromatic heterocycles. The van der Waals surface area contributed by atoms with Gasteiger partial charge in [-0.25, -0.2) is 13.1 Å². The molecule has 0 aliphatic carbocycles. The molecule has 1 amide bonds. The number of nitrogens with two attached hydrogens (primary N) is 1. The summed E-state index contributed by atoms with van der Waals surface area (Å²) in [6.45, 7) is 8.51. The Balaban J connectivity index is 2.34. The molecule has 1 aromatic carbocycles. The van der Waals surface area contributed by atoms with Crippen LogP contribution in [-0.4, -0.2) is 36.7 Å². The second-order valence-electron chi connectivity index (χ2n) is 8.06. The summed E-state index contributed by atoms with van der Waals surface area (Å²) in [5.74, 6) is 0.424. The molecule has 1 unspecified atom stereocenters. The minimum atomic E-state index is -3.69. The Morgan fingerprint density at radius 2 is 1.93 bits per heavy atom. The van der Waals surface area contributed by atoms with Crippen LogP contribution in [0.15, 0.2) is 52.0 Å². The first-order chi connectivity index (χ1) is 13.9. The fourth-order valence-corrected chi connectivity index (χ4v) is 5.42. The van der Waals surface area contributed by atoms with E-state index in [1.54, 1.807) is 45.5 Å². The van der Waals surface area contributed by atoms with Crippen molar-refractivity contribution >= 4 is 38.4 Å². The molecule has 0 fully saturated rings. The minimum absolute atomic E-state index is 0.183. The van der Waals surface area contributed by atoms with Gasteiger partial charge in [0.05, 0.1) is 16.0 Å². The third kappa shape index (κ3) is 7.30. The molecule has 30 heavy (non-hydrogen) atoms. The largest absolute Gasteiger partial charge is 0.399 e. The average Bonchev–Trinajstić information content (AvgIpc) is 3.05. The van der Waals surface area contributed by atoms with Gasteiger partial charge in [0.1, 0.15) is 0 Å². The Kier molecular flexibility index (Phi) is 7.90. The van der Waals surface area contributed by atoms with Gasteiger partial charge >= 0.3 is 0 Å². The summed E-state index contributed by atoms with van der Waals surface area (Å²) in [4.78, 5) is 16.6. The van der Waals surface area contributed by atoms with Gasteiger partial charge in [0, 0.05) is 35.2 Å². The average molecular weight is 451 g/mol. The highest BCUT2D eigenvalue weighted by Crippen LogP contribution is 2.26. The number of benzene rings is 1. The van der Waals surface area contributed by atoms with Crippen LogP contribution >= 0.6 is 11.8 Å². The molecule has 1 aliphatic heterocycles. The maximum atomic E-state index is 12.7. The highest BCUT2D eigenvalue weighted by molar-refractivity contribution is 8.14. The van der Waals surface area contributed by atoms with Crippen molar-refractivity contribution in [2.45, 2.75) is 52.6 Å². The van der Waals surface area contributed by atoms with Gasteiger partial charge in [-0.3, -0.25) is 9.79 Å². The van der Waals surface area contributed by atoms with Crippen molar-refractivity contribution in [2.24, 2.45) is 4.99 Å². The standard InChI is InChI=1S/C21H30N4O3S2/c1-6-19(30(27,28)25-21(3,4)5)12-17(23-14(2)26)11-18-13-29-20(24-18)15-7-9-16(22)10-8-15/h7-12,18,25H,6,13,22H2,1-5H3,(H,23,26)/b17-11?,19-12+. The first-order valence-electron chi connectivity index (χ1n) is 9.70. The van der Waals surface area contributed by atoms with E-state index in [0.717, 1.165) is 10.6 Å². The number of nitrogens with one attached hydrogen (secondary N) is 2. The molecule has 9 heteroatoms. The quantitative estimate of drug-likeness (QED) is 0.436. The SMILES string of the molecule is CC/C(=C\C(=CC1CSC(c2ccc(N)cc2)=N1)NC(C)=O)S(=O)(=O)NC(C)(C)C. The molecule has 0 saturated heterocycles. The second-order valence-corrected chi connectivity index (χ2v) is 10.8. The van der Waals surface area contributed by atoms with Gasteiger partial charge in [-0.1, -0.05) is 19.1 Å². The Labute approximate surface area is 183 Å². The van der Waals surface area contributed by atoms with Gasteiger partial charge in [-0.2, -0.15) is 0 Å². The van der Waals surface area contributed by atoms with Crippen LogP contribution in [-0.2, 0) is 14.8 Å². The van der Waals surface area contributed by atoms with Gasteiger partial charge in [-0.15, -0.1) is 11.8 Å². The molecular weight excluding hydrogens is 420 g/mol. The molecule has 7 nitrogen and oxygen atoms in total. The van der Waals surface area contributed by atoms with Crippen LogP contribution in [0, 0.1) is 0 Å². The number of carbonyl (C=O) groups is 1. The summed E-state index contributed by atoms with van der Waals surface area (Å²) in [6.07, 6.45) is 3.60. The van der Waals surface area contributed by atoms with Gasteiger partial charge < -0.3 is 11.1 Å². The molecule has 4 N–H and O–H groups in total. The fourth-order valence-electron chi connectivity index (χ4n) is 2.81. The molecule has 0 radical (unpaired) electrons. The van der Waals surface area contributed by atoms with E-state index in [1.165, 1.54) is 13.0 Å². The molecule has 0 spiro atoms. The molecule has 0 saturated carbocycles. The molecule has 2 rings (SSSR count). The second kappa shape index (κ2) is 9.80. The van der Waals surface area contributed by atoms with Crippen LogP contribution < -0.4 is 15.8 Å². The third-order valence-electron chi connectivity index (χ3n) is 3.97. The van der Waals surface area contributed by atoms with Crippen LogP contribution in [0.4, 0.5) is 5.69 Å². The number of nitrogen functional groups attached to an aromatic ring is 1. The van der Waals surface area contributed by atoms with Gasteiger partial charge in [-0.05, 0) is 51.5 Å². The Hall–Kier alpha value is -2.10. The minimum Gasteiger partial charge on any atom is -0.399 e. The van der Waals surface area contributed by atoms with E-state index in [9.17, 15) is 13.2 Å². The number of hydrogen-bond donors (Lipinski definition) is 3. The van der Waals surface area contributed by atoms with Crippen molar-refractivity contribution in [1.29, 1.82) is 0 Å². The van der Waals surface area contributed by atoms with Crippen molar-refractivity contribution in [3.63, 3.8) is 0 Å². The number of allylic oxidation sites excluding steroid dienone is 2. The highest BCUT2D eigenvalue weighted by Gasteiger charge is 2.24. The lowest BCUT2D eigenvalue weighted by atomic mass is 10.1. The zero-order chi connectivity index (χ0) is 22.5. The van der Waals surface area contributed by atoms with Crippen molar-refractivity contribution in [1.82, 2.24) is 10.0 Å². The van der Waals surface area contributed by atoms with Crippen LogP contribution in [0.3, 0.4) is 0 Å². The number of sulfonamides is 1. The topological polar surface area (TPSA) is 114 Å². The highest BCUT2D eigenvalue weighted by atomic mass is 32.2. The Morgan fingerprint density at radius 3 is 2.47 bits per heavy atom. The lowest BCUT2D eigenvalue weighted by Crippen LogP contribution is -2.41. The van der Waals surface area contributed by atoms with E-state index in [4.69, 9.17) is 10.7 Å². The zero-order valence-electron chi connectivity index (χ0n) is 18.0. The fraction of sp³-hybridized carbons (Fsp3) is 0.429. The van der Waals surface area contributed by atoms with E-state index < -0.39 is 15.6 Å². The number of aliphatic imine (C=N–C) groups is 1. The zero-order valence-corrected chi connectivity index (χ0v) is 19.7. The number of amides is 1. The van der Waals surface area contributed by atoms with E-state index >= 15 is 0 Å². The molecule has 1 heterocycles. The molecule has 0 bridgehead atoms. The molecule has 164 valence electrons. The lowest BCUT2D eigenvalue weighted by molar-refractivity contribution is -0.118. The molecule has 1 atom stereocenters. The van der Waals surface area contributed by atoms with Crippen molar-refractivity contribution in [3.05, 3.63) is 52.6 Å². The van der Waals surface area contributed by atoms with Crippen molar-refractivity contribution in [3.8, 4) is 0 Å². The number of carbonyl (C=O) groups excluding carboxylic acids is 1. The van der Waals surface area contributed by atoms with Crippen molar-refractivity contribution < 1.29 is 13.2 Å². The van der Waals surface area contributed by atoms with Gasteiger partial charge in [0.15, 0.2) is 0 Å². The predicted octanol–water partition coefficient (Wildman–Crippen LogP) is 3.16. The third-order valence-corrected chi connectivity index (χ3v) is 7.08. The van der Waals surface area contributed by atoms with E-state index in [0.29, 0.717) is 23.6 Å². The summed E-state index contributed by atoms with van der Waals surface area (Å²) < 4.78 is 28.1. The van der Waals surface area contributed by atoms with E-state index in [-0.39, 0.29) is 16.9 Å². The molecule has 1 aromatic rings. The van der Waals surface area contributed by atoms with Gasteiger partial charge in [0.2, 0.25) is 15.9 Å². The summed E-state index contributed by atoms with van der Waals surface area (Å²) in [6, 6.07) is 7.31. The summed E-state index contributed by atoms with van der Waals surface area (Å²) >= 11 is 1.61. The maximum absolute atomic E-state index is 12.7. The first-order valence-corrected chi connectivity index (χ1v) is 12.2. The van der Waals surface area contributed by atoms with Crippen LogP contribution in [0.5, 0.6) is 0 Å². The number of anilines is 1. The van der Waals surface area contributed by atoms with E-state index in [2.05, 4.69) is 10.0 Å². The smallest absolute Gasteiger partial charge is 0.237 e. The maximum Gasteiger partial charge on any atom is 0.237 e. The summed E-state index contributed by atoms with van der Waals surface area (Å²) in [7, 11) is -3.69. The van der Waals surface area contributed by atoms with Crippen LogP contribution in [0.25, 0.3) is 0 Å². The lowest BCUT2D eigenvalue weighted by Gasteiger charge is -2.21. The van der Waals surface area contributed by atoms with Crippen LogP contribution in [0.2, 0.25) is 0 Å². The monoisotopic (exact) mass is 450 g/mol. The number of nitrogens with zero attached hydrogens (tertiary/aromatic N) is 1. The predicted molar refractivity (Wildman–Crippen MR) is 126 cm³/mol. The van der Waals surface area contributed by atoms with Crippen LogP contribution in [0.1, 0.15) is 46.6 Å². The first kappa shape index (κ1) is 24.2.